The third kappa shape index (κ3) is 4.44. The summed E-state index contributed by atoms with van der Waals surface area (Å²) in [4.78, 5) is 16.9. The second-order valence-electron chi connectivity index (χ2n) is 8.66. The molecule has 3 aromatic carbocycles. The average molecular weight is 454 g/mol. The minimum atomic E-state index is -0.0684. The van der Waals surface area contributed by atoms with Gasteiger partial charge in [-0.15, -0.1) is 0 Å². The second kappa shape index (κ2) is 9.51. The number of amides is 1. The maximum absolute atomic E-state index is 12.2. The van der Waals surface area contributed by atoms with Gasteiger partial charge in [-0.25, -0.2) is 10.4 Å². The Labute approximate surface area is 198 Å². The largest absolute Gasteiger partial charge is 0.489 e. The number of hydrazone groups is 1. The van der Waals surface area contributed by atoms with Crippen molar-refractivity contribution < 1.29 is 13.9 Å². The van der Waals surface area contributed by atoms with Crippen LogP contribution in [0, 0.1) is 11.8 Å². The van der Waals surface area contributed by atoms with E-state index < -0.39 is 0 Å². The van der Waals surface area contributed by atoms with Crippen LogP contribution >= 0.6 is 0 Å². The van der Waals surface area contributed by atoms with E-state index in [1.807, 2.05) is 72.8 Å². The molecule has 34 heavy (non-hydrogen) atoms. The van der Waals surface area contributed by atoms with E-state index in [0.717, 1.165) is 46.5 Å². The molecule has 4 aromatic rings. The lowest BCUT2D eigenvalue weighted by atomic mass is 9.82. The lowest BCUT2D eigenvalue weighted by Gasteiger charge is -2.27. The number of benzene rings is 3. The first kappa shape index (κ1) is 21.9. The predicted molar refractivity (Wildman–Crippen MR) is 132 cm³/mol. The summed E-state index contributed by atoms with van der Waals surface area (Å²) in [6.07, 6.45) is 1.79. The molecule has 0 spiro atoms. The first-order valence-corrected chi connectivity index (χ1v) is 11.7. The third-order valence-corrected chi connectivity index (χ3v) is 6.29. The zero-order chi connectivity index (χ0) is 23.5. The first-order valence-electron chi connectivity index (χ1n) is 11.7. The molecule has 0 unspecified atom stereocenters. The topological polar surface area (TPSA) is 76.7 Å². The van der Waals surface area contributed by atoms with Gasteiger partial charge in [0.05, 0.1) is 5.71 Å². The Morgan fingerprint density at radius 1 is 1.00 bits per heavy atom. The molecule has 2 heterocycles. The lowest BCUT2D eigenvalue weighted by molar-refractivity contribution is -0.126. The van der Waals surface area contributed by atoms with Crippen molar-refractivity contribution in [2.45, 2.75) is 33.3 Å². The Hall–Kier alpha value is -3.93. The molecule has 1 aromatic heterocycles. The van der Waals surface area contributed by atoms with Crippen LogP contribution in [0.2, 0.25) is 0 Å². The molecule has 0 saturated heterocycles. The van der Waals surface area contributed by atoms with Crippen molar-refractivity contribution in [3.05, 3.63) is 83.9 Å². The SMILES string of the molecule is CCC[C@H]1C(=O)NN=C(c2ccc3nc(-c4ccc(OCc5ccccc5)cc4)oc3c2)[C@@H]1C. The van der Waals surface area contributed by atoms with Gasteiger partial charge < -0.3 is 9.15 Å². The van der Waals surface area contributed by atoms with Crippen LogP contribution in [-0.2, 0) is 11.4 Å². The minimum absolute atomic E-state index is 0.00248. The highest BCUT2D eigenvalue weighted by molar-refractivity contribution is 6.07. The first-order chi connectivity index (χ1) is 16.6. The fraction of sp³-hybridized carbons (Fsp3) is 0.250. The maximum atomic E-state index is 12.2. The van der Waals surface area contributed by atoms with E-state index in [-0.39, 0.29) is 17.7 Å². The molecule has 0 bridgehead atoms. The van der Waals surface area contributed by atoms with Gasteiger partial charge in [0.1, 0.15) is 17.9 Å². The van der Waals surface area contributed by atoms with Gasteiger partial charge in [-0.1, -0.05) is 56.7 Å². The van der Waals surface area contributed by atoms with Crippen LogP contribution in [0.5, 0.6) is 5.75 Å². The van der Waals surface area contributed by atoms with Crippen molar-refractivity contribution >= 4 is 22.7 Å². The Bertz CT molecular complexity index is 1330. The minimum Gasteiger partial charge on any atom is -0.489 e. The Morgan fingerprint density at radius 3 is 2.53 bits per heavy atom. The Morgan fingerprint density at radius 2 is 1.76 bits per heavy atom. The molecule has 0 fully saturated rings. The summed E-state index contributed by atoms with van der Waals surface area (Å²) in [6.45, 7) is 4.68. The third-order valence-electron chi connectivity index (χ3n) is 6.29. The number of rotatable bonds is 7. The van der Waals surface area contributed by atoms with Crippen LogP contribution in [0.25, 0.3) is 22.6 Å². The van der Waals surface area contributed by atoms with E-state index in [2.05, 4.69) is 29.4 Å². The second-order valence-corrected chi connectivity index (χ2v) is 8.66. The molecular weight excluding hydrogens is 426 g/mol. The average Bonchev–Trinajstić information content (AvgIpc) is 3.30. The van der Waals surface area contributed by atoms with Gasteiger partial charge in [0.2, 0.25) is 11.8 Å². The lowest BCUT2D eigenvalue weighted by Crippen LogP contribution is -2.40. The molecule has 1 amide bonds. The van der Waals surface area contributed by atoms with Crippen LogP contribution < -0.4 is 10.2 Å². The molecule has 1 N–H and O–H groups in total. The molecule has 5 rings (SSSR count). The number of oxazole rings is 1. The van der Waals surface area contributed by atoms with E-state index in [4.69, 9.17) is 9.15 Å². The summed E-state index contributed by atoms with van der Waals surface area (Å²) < 4.78 is 12.0. The Kier molecular flexibility index (Phi) is 6.12. The monoisotopic (exact) mass is 453 g/mol. The number of carbonyl (C=O) groups excluding carboxylic acids is 1. The van der Waals surface area contributed by atoms with E-state index in [0.29, 0.717) is 18.1 Å². The van der Waals surface area contributed by atoms with Crippen molar-refractivity contribution in [3.8, 4) is 17.2 Å². The summed E-state index contributed by atoms with van der Waals surface area (Å²) in [5, 5.41) is 4.36. The maximum Gasteiger partial charge on any atom is 0.243 e. The number of fused-ring (bicyclic) bond motifs is 1. The molecule has 6 heteroatoms. The summed E-state index contributed by atoms with van der Waals surface area (Å²) in [5.41, 5.74) is 7.97. The van der Waals surface area contributed by atoms with Crippen LogP contribution in [0.3, 0.4) is 0 Å². The van der Waals surface area contributed by atoms with Crippen LogP contribution in [-0.4, -0.2) is 16.6 Å². The summed E-state index contributed by atoms with van der Waals surface area (Å²) in [6, 6.07) is 23.7. The smallest absolute Gasteiger partial charge is 0.243 e. The highest BCUT2D eigenvalue weighted by atomic mass is 16.5. The molecule has 0 radical (unpaired) electrons. The summed E-state index contributed by atoms with van der Waals surface area (Å²) in [7, 11) is 0. The number of hydrogen-bond donors (Lipinski definition) is 1. The number of nitrogens with one attached hydrogen (secondary N) is 1. The van der Waals surface area contributed by atoms with Crippen molar-refractivity contribution in [2.24, 2.45) is 16.9 Å². The number of nitrogens with zero attached hydrogens (tertiary/aromatic N) is 2. The van der Waals surface area contributed by atoms with Gasteiger partial charge >= 0.3 is 0 Å². The van der Waals surface area contributed by atoms with Gasteiger partial charge in [0, 0.05) is 23.0 Å². The van der Waals surface area contributed by atoms with E-state index in [9.17, 15) is 4.79 Å². The molecule has 0 saturated carbocycles. The van der Waals surface area contributed by atoms with Crippen molar-refractivity contribution in [1.29, 1.82) is 0 Å². The molecule has 2 atom stereocenters. The fourth-order valence-electron chi connectivity index (χ4n) is 4.38. The van der Waals surface area contributed by atoms with Crippen LogP contribution in [0.4, 0.5) is 0 Å². The van der Waals surface area contributed by atoms with Crippen molar-refractivity contribution in [3.63, 3.8) is 0 Å². The zero-order valence-corrected chi connectivity index (χ0v) is 19.3. The van der Waals surface area contributed by atoms with Crippen molar-refractivity contribution in [2.75, 3.05) is 0 Å². The van der Waals surface area contributed by atoms with Crippen LogP contribution in [0.1, 0.15) is 37.8 Å². The Balaban J connectivity index is 1.34. The highest BCUT2D eigenvalue weighted by Gasteiger charge is 2.32. The fourth-order valence-corrected chi connectivity index (χ4v) is 4.38. The molecule has 0 aliphatic carbocycles. The number of aromatic nitrogens is 1. The number of hydrogen-bond acceptors (Lipinski definition) is 5. The molecule has 1 aliphatic heterocycles. The van der Waals surface area contributed by atoms with Gasteiger partial charge in [-0.05, 0) is 48.4 Å². The van der Waals surface area contributed by atoms with Gasteiger partial charge in [-0.3, -0.25) is 4.79 Å². The quantitative estimate of drug-likeness (QED) is 0.375. The zero-order valence-electron chi connectivity index (χ0n) is 19.3. The molecule has 6 nitrogen and oxygen atoms in total. The van der Waals surface area contributed by atoms with E-state index in [1.54, 1.807) is 0 Å². The predicted octanol–water partition coefficient (Wildman–Crippen LogP) is 5.96. The standard InChI is InChI=1S/C28H27N3O3/c1-3-7-23-18(2)26(30-31-27(23)32)21-12-15-24-25(16-21)34-28(29-24)20-10-13-22(14-11-20)33-17-19-8-5-4-6-9-19/h4-6,8-16,18,23H,3,7,17H2,1-2H3,(H,31,32)/t18-,23-/m1/s1. The van der Waals surface area contributed by atoms with E-state index >= 15 is 0 Å². The molecule has 172 valence electrons. The van der Waals surface area contributed by atoms with Gasteiger partial charge in [-0.2, -0.15) is 5.10 Å². The molecule has 1 aliphatic rings. The summed E-state index contributed by atoms with van der Waals surface area (Å²) >= 11 is 0. The van der Waals surface area contributed by atoms with E-state index in [1.165, 1.54) is 0 Å². The number of ether oxygens (including phenoxy) is 1. The van der Waals surface area contributed by atoms with Gasteiger partial charge in [0.15, 0.2) is 5.58 Å². The van der Waals surface area contributed by atoms with Gasteiger partial charge in [0.25, 0.3) is 0 Å². The number of carbonyl (C=O) groups is 1. The summed E-state index contributed by atoms with van der Waals surface area (Å²) in [5.74, 6) is 1.31. The normalized spacial score (nSPS) is 17.9. The van der Waals surface area contributed by atoms with Crippen LogP contribution in [0.15, 0.2) is 82.3 Å². The van der Waals surface area contributed by atoms with Crippen molar-refractivity contribution in [1.82, 2.24) is 10.4 Å². The highest BCUT2D eigenvalue weighted by Crippen LogP contribution is 2.30. The molecular formula is C28H27N3O3.